The summed E-state index contributed by atoms with van der Waals surface area (Å²) < 4.78 is 28.6. The molecule has 232 valence electrons. The van der Waals surface area contributed by atoms with Gasteiger partial charge in [0.1, 0.15) is 24.9 Å². The molecule has 2 aliphatic heterocycles. The highest BCUT2D eigenvalue weighted by Gasteiger charge is 2.71. The molecule has 10 nitrogen and oxygen atoms in total. The second-order valence-corrected chi connectivity index (χ2v) is 14.0. The van der Waals surface area contributed by atoms with Crippen molar-refractivity contribution in [1.29, 1.82) is 0 Å². The van der Waals surface area contributed by atoms with Gasteiger partial charge in [0.25, 0.3) is 0 Å². The number of hydrogen-bond donors (Lipinski definition) is 4. The molecule has 0 radical (unpaired) electrons. The predicted molar refractivity (Wildman–Crippen MR) is 145 cm³/mol. The topological polar surface area (TPSA) is 144 Å². The summed E-state index contributed by atoms with van der Waals surface area (Å²) in [7, 11) is 3.09. The number of carbonyl (C=O) groups excluding carboxylic acids is 1. The van der Waals surface area contributed by atoms with Crippen LogP contribution < -0.4 is 0 Å². The number of aliphatic hydroxyl groups excluding tert-OH is 2. The van der Waals surface area contributed by atoms with Crippen molar-refractivity contribution in [2.75, 3.05) is 27.4 Å². The number of cyclic esters (lactones) is 1. The lowest BCUT2D eigenvalue weighted by Crippen LogP contribution is -2.69. The molecular formula is C31H48O10. The van der Waals surface area contributed by atoms with Crippen LogP contribution >= 0.6 is 0 Å². The molecule has 0 aromatic rings. The number of ether oxygens (including phenoxy) is 5. The zero-order valence-corrected chi connectivity index (χ0v) is 24.8. The van der Waals surface area contributed by atoms with E-state index in [0.717, 1.165) is 24.8 Å². The van der Waals surface area contributed by atoms with Crippen LogP contribution in [0, 0.1) is 28.6 Å². The summed E-state index contributed by atoms with van der Waals surface area (Å²) in [5.74, 6) is -0.290. The van der Waals surface area contributed by atoms with E-state index in [1.807, 2.05) is 6.92 Å². The number of fused-ring (bicyclic) bond motifs is 5. The first-order chi connectivity index (χ1) is 19.5. The largest absolute Gasteiger partial charge is 0.458 e. The Morgan fingerprint density at radius 3 is 2.39 bits per heavy atom. The van der Waals surface area contributed by atoms with Gasteiger partial charge in [0.15, 0.2) is 6.29 Å². The van der Waals surface area contributed by atoms with E-state index in [1.165, 1.54) is 7.11 Å². The summed E-state index contributed by atoms with van der Waals surface area (Å²) in [6, 6.07) is 0. The van der Waals surface area contributed by atoms with Gasteiger partial charge >= 0.3 is 5.97 Å². The first kappa shape index (κ1) is 29.9. The Balaban J connectivity index is 1.21. The van der Waals surface area contributed by atoms with Crippen LogP contribution in [0.1, 0.15) is 71.6 Å². The van der Waals surface area contributed by atoms with Gasteiger partial charge in [-0.05, 0) is 81.6 Å². The molecule has 10 heteroatoms. The van der Waals surface area contributed by atoms with E-state index in [9.17, 15) is 25.2 Å². The van der Waals surface area contributed by atoms with Gasteiger partial charge in [-0.25, -0.2) is 4.79 Å². The summed E-state index contributed by atoms with van der Waals surface area (Å²) >= 11 is 0. The Bertz CT molecular complexity index is 1050. The summed E-state index contributed by atoms with van der Waals surface area (Å²) in [5.41, 5.74) is -2.24. The lowest BCUT2D eigenvalue weighted by molar-refractivity contribution is -0.326. The van der Waals surface area contributed by atoms with Crippen molar-refractivity contribution in [3.05, 3.63) is 11.6 Å². The van der Waals surface area contributed by atoms with Gasteiger partial charge in [0.05, 0.1) is 30.0 Å². The average Bonchev–Trinajstić information content (AvgIpc) is 3.49. The molecule has 0 aromatic heterocycles. The van der Waals surface area contributed by atoms with E-state index in [1.54, 1.807) is 13.2 Å². The summed E-state index contributed by atoms with van der Waals surface area (Å²) in [5, 5.41) is 46.7. The number of esters is 1. The molecule has 4 N–H and O–H groups in total. The fourth-order valence-corrected chi connectivity index (χ4v) is 10.5. The van der Waals surface area contributed by atoms with Crippen molar-refractivity contribution in [1.82, 2.24) is 0 Å². The van der Waals surface area contributed by atoms with Crippen LogP contribution in [0.3, 0.4) is 0 Å². The Labute approximate surface area is 242 Å². The maximum absolute atomic E-state index is 12.5. The second-order valence-electron chi connectivity index (χ2n) is 14.0. The van der Waals surface area contributed by atoms with Gasteiger partial charge < -0.3 is 44.1 Å². The number of carbonyl (C=O) groups is 1. The first-order valence-corrected chi connectivity index (χ1v) is 15.4. The van der Waals surface area contributed by atoms with E-state index in [-0.39, 0.29) is 48.0 Å². The smallest absolute Gasteiger partial charge is 0.331 e. The third-order valence-electron chi connectivity index (χ3n) is 12.7. The SMILES string of the molecule is CO[C@@H]1[C@@H](O)[C@H](O[C@H]2CC[C@]3(CO)[C@H]4CC[C@]5(C)C(C6=CC(=O)OC6)CC[C@]5(O)[C@@H]4CC[C@]3(O)C2)O[C@H](C)[C@H]1OC. The van der Waals surface area contributed by atoms with E-state index in [4.69, 9.17) is 23.7 Å². The molecule has 0 amide bonds. The molecule has 4 aliphatic carbocycles. The summed E-state index contributed by atoms with van der Waals surface area (Å²) in [6.45, 7) is 4.18. The minimum absolute atomic E-state index is 0.0312. The molecule has 6 rings (SSSR count). The molecule has 0 aromatic carbocycles. The van der Waals surface area contributed by atoms with Crippen molar-refractivity contribution in [3.8, 4) is 0 Å². The van der Waals surface area contributed by atoms with Crippen molar-refractivity contribution < 1.29 is 48.9 Å². The number of methoxy groups -OCH3 is 2. The molecule has 0 bridgehead atoms. The van der Waals surface area contributed by atoms with E-state index in [0.29, 0.717) is 45.1 Å². The fourth-order valence-electron chi connectivity index (χ4n) is 10.5. The van der Waals surface area contributed by atoms with Crippen LogP contribution in [0.25, 0.3) is 0 Å². The molecule has 1 saturated heterocycles. The number of rotatable bonds is 6. The Morgan fingerprint density at radius 2 is 1.73 bits per heavy atom. The van der Waals surface area contributed by atoms with Crippen molar-refractivity contribution in [2.45, 2.75) is 120 Å². The lowest BCUT2D eigenvalue weighted by Gasteiger charge is -2.66. The highest BCUT2D eigenvalue weighted by atomic mass is 16.7. The molecule has 4 saturated carbocycles. The minimum Gasteiger partial charge on any atom is -0.458 e. The maximum atomic E-state index is 12.5. The summed E-state index contributed by atoms with van der Waals surface area (Å²) in [4.78, 5) is 11.8. The highest BCUT2D eigenvalue weighted by Crippen LogP contribution is 2.70. The maximum Gasteiger partial charge on any atom is 0.331 e. The van der Waals surface area contributed by atoms with Crippen LogP contribution in [0.4, 0.5) is 0 Å². The Kier molecular flexibility index (Phi) is 7.67. The molecular weight excluding hydrogens is 532 g/mol. The van der Waals surface area contributed by atoms with Gasteiger partial charge in [-0.15, -0.1) is 0 Å². The van der Waals surface area contributed by atoms with E-state index in [2.05, 4.69) is 6.92 Å². The Morgan fingerprint density at radius 1 is 1.00 bits per heavy atom. The van der Waals surface area contributed by atoms with Crippen molar-refractivity contribution in [2.24, 2.45) is 28.6 Å². The first-order valence-electron chi connectivity index (χ1n) is 15.4. The summed E-state index contributed by atoms with van der Waals surface area (Å²) in [6.07, 6.45) is 3.50. The zero-order valence-electron chi connectivity index (χ0n) is 24.8. The monoisotopic (exact) mass is 580 g/mol. The third kappa shape index (κ3) is 4.23. The van der Waals surface area contributed by atoms with Crippen LogP contribution in [-0.2, 0) is 28.5 Å². The van der Waals surface area contributed by atoms with E-state index < -0.39 is 41.2 Å². The fraction of sp³-hybridized carbons (Fsp3) is 0.903. The molecule has 6 aliphatic rings. The second kappa shape index (κ2) is 10.5. The van der Waals surface area contributed by atoms with Crippen LogP contribution in [0.2, 0.25) is 0 Å². The van der Waals surface area contributed by atoms with Crippen molar-refractivity contribution >= 4 is 5.97 Å². The Hall–Kier alpha value is -1.11. The van der Waals surface area contributed by atoms with Crippen LogP contribution in [0.5, 0.6) is 0 Å². The molecule has 0 spiro atoms. The molecule has 41 heavy (non-hydrogen) atoms. The van der Waals surface area contributed by atoms with Crippen LogP contribution in [0.15, 0.2) is 11.6 Å². The quantitative estimate of drug-likeness (QED) is 0.271. The van der Waals surface area contributed by atoms with Gasteiger partial charge in [-0.3, -0.25) is 0 Å². The van der Waals surface area contributed by atoms with Gasteiger partial charge in [-0.2, -0.15) is 0 Å². The third-order valence-corrected chi connectivity index (χ3v) is 12.7. The number of aliphatic hydroxyl groups is 4. The lowest BCUT2D eigenvalue weighted by atomic mass is 9.41. The highest BCUT2D eigenvalue weighted by molar-refractivity contribution is 5.85. The van der Waals surface area contributed by atoms with Gasteiger partial charge in [0.2, 0.25) is 0 Å². The standard InChI is InChI=1S/C31H48O10/c1-17-25(37-3)26(38-4)24(34)27(40-17)41-19-5-10-29(16-32)21-6-9-28(2)20(18-13-23(33)39-15-18)8-12-31(28,36)22(21)7-11-30(29,35)14-19/h13,17,19-22,24-27,32,34-36H,5-12,14-16H2,1-4H3/t17-,19+,20?,21+,22-,24-,25-,26-,27+,28-,29+,30+,31+/m1/s1. The van der Waals surface area contributed by atoms with Gasteiger partial charge in [-0.1, -0.05) is 6.92 Å². The molecule has 1 unspecified atom stereocenters. The molecule has 13 atom stereocenters. The molecule has 2 heterocycles. The zero-order chi connectivity index (χ0) is 29.4. The van der Waals surface area contributed by atoms with E-state index >= 15 is 0 Å². The number of hydrogen-bond acceptors (Lipinski definition) is 10. The van der Waals surface area contributed by atoms with Crippen molar-refractivity contribution in [3.63, 3.8) is 0 Å². The predicted octanol–water partition coefficient (Wildman–Crippen LogP) is 1.85. The average molecular weight is 581 g/mol. The van der Waals surface area contributed by atoms with Crippen LogP contribution in [-0.4, -0.2) is 102 Å². The minimum atomic E-state index is -1.16. The molecule has 5 fully saturated rings. The van der Waals surface area contributed by atoms with Gasteiger partial charge in [0, 0.05) is 37.5 Å². The normalized spacial score (nSPS) is 53.2.